The quantitative estimate of drug-likeness (QED) is 0.143. The van der Waals surface area contributed by atoms with Crippen molar-refractivity contribution in [3.05, 3.63) is 18.0 Å². The molecule has 9 nitrogen and oxygen atoms in total. The molecular formula is C20H36IN9S. The van der Waals surface area contributed by atoms with Gasteiger partial charge in [-0.2, -0.15) is 0 Å². The highest BCUT2D eigenvalue weighted by atomic mass is 127. The van der Waals surface area contributed by atoms with Crippen LogP contribution in [0, 0.1) is 0 Å². The number of guanidine groups is 1. The molecule has 1 saturated carbocycles. The Balaban J connectivity index is 0.00000341. The van der Waals surface area contributed by atoms with Crippen LogP contribution in [0.3, 0.4) is 0 Å². The van der Waals surface area contributed by atoms with Crippen LogP contribution in [0.5, 0.6) is 0 Å². The van der Waals surface area contributed by atoms with Crippen molar-refractivity contribution in [3.8, 4) is 0 Å². The summed E-state index contributed by atoms with van der Waals surface area (Å²) in [6.45, 7) is 7.38. The Hall–Kier alpha value is -1.37. The maximum Gasteiger partial charge on any atom is 0.191 e. The van der Waals surface area contributed by atoms with Crippen molar-refractivity contribution in [3.63, 3.8) is 0 Å². The van der Waals surface area contributed by atoms with Crippen LogP contribution in [0.25, 0.3) is 0 Å². The molecule has 1 aliphatic rings. The molecule has 0 saturated heterocycles. The monoisotopic (exact) mass is 561 g/mol. The Morgan fingerprint density at radius 2 is 1.97 bits per heavy atom. The van der Waals surface area contributed by atoms with Crippen LogP contribution in [0.4, 0.5) is 0 Å². The van der Waals surface area contributed by atoms with Crippen molar-refractivity contribution in [1.29, 1.82) is 0 Å². The van der Waals surface area contributed by atoms with Gasteiger partial charge < -0.3 is 19.8 Å². The van der Waals surface area contributed by atoms with Gasteiger partial charge in [-0.3, -0.25) is 4.99 Å². The van der Waals surface area contributed by atoms with Crippen molar-refractivity contribution in [2.45, 2.75) is 76.5 Å². The van der Waals surface area contributed by atoms with E-state index in [4.69, 9.17) is 4.99 Å². The van der Waals surface area contributed by atoms with Gasteiger partial charge in [-0.25, -0.2) is 0 Å². The fourth-order valence-corrected chi connectivity index (χ4v) is 4.52. The first-order valence-corrected chi connectivity index (χ1v) is 12.4. The van der Waals surface area contributed by atoms with Crippen LogP contribution in [0.1, 0.15) is 63.6 Å². The first-order valence-electron chi connectivity index (χ1n) is 11.1. The Morgan fingerprint density at radius 3 is 2.68 bits per heavy atom. The van der Waals surface area contributed by atoms with Gasteiger partial charge in [-0.15, -0.1) is 44.4 Å². The molecule has 2 N–H and O–H groups in total. The van der Waals surface area contributed by atoms with E-state index in [1.54, 1.807) is 18.1 Å². The molecule has 174 valence electrons. The van der Waals surface area contributed by atoms with Crippen molar-refractivity contribution in [1.82, 2.24) is 40.2 Å². The van der Waals surface area contributed by atoms with Gasteiger partial charge in [-0.05, 0) is 32.4 Å². The molecule has 31 heavy (non-hydrogen) atoms. The van der Waals surface area contributed by atoms with Crippen LogP contribution < -0.4 is 10.6 Å². The zero-order valence-corrected chi connectivity index (χ0v) is 22.0. The minimum absolute atomic E-state index is 0. The molecule has 1 fully saturated rings. The van der Waals surface area contributed by atoms with Gasteiger partial charge in [0.05, 0.1) is 0 Å². The van der Waals surface area contributed by atoms with Crippen molar-refractivity contribution in [2.24, 2.45) is 4.99 Å². The number of aryl methyl sites for hydroxylation is 2. The van der Waals surface area contributed by atoms with Crippen molar-refractivity contribution < 1.29 is 0 Å². The average molecular weight is 562 g/mol. The number of nitrogens with one attached hydrogen (secondary N) is 2. The molecule has 2 aromatic rings. The minimum atomic E-state index is 0. The van der Waals surface area contributed by atoms with Crippen LogP contribution in [0.2, 0.25) is 0 Å². The van der Waals surface area contributed by atoms with Gasteiger partial charge in [0.1, 0.15) is 18.0 Å². The second-order valence-corrected chi connectivity index (χ2v) is 8.27. The van der Waals surface area contributed by atoms with Crippen LogP contribution in [-0.4, -0.2) is 61.4 Å². The largest absolute Gasteiger partial charge is 0.357 e. The summed E-state index contributed by atoms with van der Waals surface area (Å²) in [7, 11) is 0. The van der Waals surface area contributed by atoms with Crippen molar-refractivity contribution in [2.75, 3.05) is 25.9 Å². The number of nitrogens with zero attached hydrogens (tertiary/aromatic N) is 7. The molecule has 0 atom stereocenters. The molecule has 0 spiro atoms. The molecule has 0 bridgehead atoms. The highest BCUT2D eigenvalue weighted by molar-refractivity contribution is 14.0. The average Bonchev–Trinajstić information content (AvgIpc) is 3.51. The predicted octanol–water partition coefficient (Wildman–Crippen LogP) is 3.07. The van der Waals surface area contributed by atoms with Crippen LogP contribution >= 0.6 is 35.7 Å². The van der Waals surface area contributed by atoms with E-state index in [2.05, 4.69) is 60.3 Å². The fourth-order valence-electron chi connectivity index (χ4n) is 3.95. The minimum Gasteiger partial charge on any atom is -0.357 e. The summed E-state index contributed by atoms with van der Waals surface area (Å²) >= 11 is 1.70. The Labute approximate surface area is 206 Å². The molecule has 0 aromatic carbocycles. The third-order valence-electron chi connectivity index (χ3n) is 5.44. The van der Waals surface area contributed by atoms with E-state index in [0.29, 0.717) is 6.04 Å². The molecule has 2 heterocycles. The van der Waals surface area contributed by atoms with Gasteiger partial charge in [0, 0.05) is 45.1 Å². The summed E-state index contributed by atoms with van der Waals surface area (Å²) in [5.74, 6) is 2.97. The number of hydrogen-bond acceptors (Lipinski definition) is 6. The lowest BCUT2D eigenvalue weighted by Gasteiger charge is -2.16. The standard InChI is InChI=1S/C20H35N9S.HI/c1-4-17-25-24-15-28(17)14-13-23-19(21-5-2)22-12-8-11-18-26-27-20(30-3)29(18)16-9-6-7-10-16;/h15-16H,4-14H2,1-3H3,(H2,21,22,23);1H. The topological polar surface area (TPSA) is 97.8 Å². The van der Waals surface area contributed by atoms with E-state index in [1.165, 1.54) is 25.7 Å². The number of rotatable bonds is 11. The zero-order valence-electron chi connectivity index (χ0n) is 18.9. The van der Waals surface area contributed by atoms with Gasteiger partial charge >= 0.3 is 0 Å². The second kappa shape index (κ2) is 13.9. The third kappa shape index (κ3) is 7.33. The molecule has 11 heteroatoms. The smallest absolute Gasteiger partial charge is 0.191 e. The lowest BCUT2D eigenvalue weighted by molar-refractivity contribution is 0.461. The van der Waals surface area contributed by atoms with Gasteiger partial charge in [-0.1, -0.05) is 31.5 Å². The van der Waals surface area contributed by atoms with E-state index in [-0.39, 0.29) is 24.0 Å². The first kappa shape index (κ1) is 25.9. The van der Waals surface area contributed by atoms with E-state index < -0.39 is 0 Å². The van der Waals surface area contributed by atoms with E-state index in [9.17, 15) is 0 Å². The number of thioether (sulfide) groups is 1. The maximum absolute atomic E-state index is 4.74. The van der Waals surface area contributed by atoms with E-state index in [1.807, 2.05) is 0 Å². The van der Waals surface area contributed by atoms with Gasteiger partial charge in [0.25, 0.3) is 0 Å². The zero-order chi connectivity index (χ0) is 21.2. The molecule has 0 radical (unpaired) electrons. The summed E-state index contributed by atoms with van der Waals surface area (Å²) in [4.78, 5) is 4.74. The summed E-state index contributed by atoms with van der Waals surface area (Å²) in [6, 6.07) is 0.575. The van der Waals surface area contributed by atoms with Crippen LogP contribution in [-0.2, 0) is 19.4 Å². The highest BCUT2D eigenvalue weighted by Crippen LogP contribution is 2.33. The number of hydrogen-bond donors (Lipinski definition) is 2. The van der Waals surface area contributed by atoms with E-state index >= 15 is 0 Å². The molecule has 2 aromatic heterocycles. The number of aliphatic imine (C=N–C) groups is 1. The first-order chi connectivity index (χ1) is 14.8. The van der Waals surface area contributed by atoms with E-state index in [0.717, 1.165) is 68.2 Å². The summed E-state index contributed by atoms with van der Waals surface area (Å²) < 4.78 is 4.46. The molecule has 1 aliphatic carbocycles. The summed E-state index contributed by atoms with van der Waals surface area (Å²) in [5.41, 5.74) is 0. The number of aromatic nitrogens is 6. The third-order valence-corrected chi connectivity index (χ3v) is 6.08. The van der Waals surface area contributed by atoms with Crippen LogP contribution in [0.15, 0.2) is 16.5 Å². The lowest BCUT2D eigenvalue weighted by Crippen LogP contribution is -2.39. The SMILES string of the molecule is CCNC(=NCCCc1nnc(SC)n1C1CCCC1)NCCn1cnnc1CC.I. The molecule has 3 rings (SSSR count). The van der Waals surface area contributed by atoms with Gasteiger partial charge in [0.15, 0.2) is 11.1 Å². The highest BCUT2D eigenvalue weighted by Gasteiger charge is 2.23. The van der Waals surface area contributed by atoms with Gasteiger partial charge in [0.2, 0.25) is 0 Å². The second-order valence-electron chi connectivity index (χ2n) is 7.50. The summed E-state index contributed by atoms with van der Waals surface area (Å²) in [5, 5.41) is 24.8. The maximum atomic E-state index is 4.74. The lowest BCUT2D eigenvalue weighted by atomic mass is 10.2. The molecule has 0 unspecified atom stereocenters. The molecule has 0 amide bonds. The molecular weight excluding hydrogens is 525 g/mol. The normalized spacial score (nSPS) is 14.6. The summed E-state index contributed by atoms with van der Waals surface area (Å²) in [6.07, 6.45) is 11.7. The predicted molar refractivity (Wildman–Crippen MR) is 136 cm³/mol. The van der Waals surface area contributed by atoms with Crippen molar-refractivity contribution >= 4 is 41.7 Å². The Morgan fingerprint density at radius 1 is 1.16 bits per heavy atom. The Bertz CT molecular complexity index is 798. The number of halogens is 1. The molecule has 0 aliphatic heterocycles. The fraction of sp³-hybridized carbons (Fsp3) is 0.750. The Kier molecular flexibility index (Phi) is 11.6.